The van der Waals surface area contributed by atoms with Crippen LogP contribution in [0.15, 0.2) is 30.5 Å². The fraction of sp³-hybridized carbons (Fsp3) is 0.350. The Balaban J connectivity index is 1.94. The van der Waals surface area contributed by atoms with Crippen LogP contribution in [0.4, 0.5) is 0 Å². The minimum absolute atomic E-state index is 0.00977. The van der Waals surface area contributed by atoms with Gasteiger partial charge in [0.15, 0.2) is 0 Å². The number of rotatable bonds is 12. The van der Waals surface area contributed by atoms with Crippen molar-refractivity contribution in [2.45, 2.75) is 31.0 Å². The largest absolute Gasteiger partial charge is 0.481 e. The maximum Gasteiger partial charge on any atom is 0.326 e. The summed E-state index contributed by atoms with van der Waals surface area (Å²) in [5.41, 5.74) is 6.92. The standard InChI is InChI=1S/C20H25N5O7S/c21-12(6-17(27)28)18(29)23-8-16(26)24-15(9-33)19(30)25-14(20(31)32)5-10-7-22-13-4-2-1-3-11(10)13/h1-4,7,12,14-15,22,33H,5-6,8-9,21H2,(H,23,29)(H,24,26)(H,25,30)(H,27,28)(H,31,32). The van der Waals surface area contributed by atoms with Gasteiger partial charge in [0.25, 0.3) is 0 Å². The molecule has 0 aliphatic rings. The smallest absolute Gasteiger partial charge is 0.326 e. The molecule has 2 rings (SSSR count). The summed E-state index contributed by atoms with van der Waals surface area (Å²) in [4.78, 5) is 61.7. The number of carboxylic acids is 2. The predicted octanol–water partition coefficient (Wildman–Crippen LogP) is -1.39. The van der Waals surface area contributed by atoms with Gasteiger partial charge >= 0.3 is 11.9 Å². The lowest BCUT2D eigenvalue weighted by Crippen LogP contribution is -2.55. The first-order valence-corrected chi connectivity index (χ1v) is 10.5. The number of fused-ring (bicyclic) bond motifs is 1. The number of benzene rings is 1. The number of aliphatic carboxylic acids is 2. The summed E-state index contributed by atoms with van der Waals surface area (Å²) in [7, 11) is 0. The molecule has 12 nitrogen and oxygen atoms in total. The number of nitrogens with one attached hydrogen (secondary N) is 4. The average molecular weight is 480 g/mol. The predicted molar refractivity (Wildman–Crippen MR) is 121 cm³/mol. The zero-order valence-corrected chi connectivity index (χ0v) is 18.3. The summed E-state index contributed by atoms with van der Waals surface area (Å²) < 4.78 is 0. The highest BCUT2D eigenvalue weighted by molar-refractivity contribution is 7.80. The number of H-pyrrole nitrogens is 1. The fourth-order valence-electron chi connectivity index (χ4n) is 3.01. The molecule has 0 saturated carbocycles. The van der Waals surface area contributed by atoms with Gasteiger partial charge in [-0.05, 0) is 11.6 Å². The Labute approximate surface area is 193 Å². The monoisotopic (exact) mass is 479 g/mol. The van der Waals surface area contributed by atoms with Crippen molar-refractivity contribution in [3.63, 3.8) is 0 Å². The summed E-state index contributed by atoms with van der Waals surface area (Å²) in [6.07, 6.45) is 1.07. The van der Waals surface area contributed by atoms with E-state index < -0.39 is 60.8 Å². The number of hydrogen-bond donors (Lipinski definition) is 8. The van der Waals surface area contributed by atoms with Crippen LogP contribution in [0.25, 0.3) is 10.9 Å². The minimum atomic E-state index is -1.33. The van der Waals surface area contributed by atoms with Gasteiger partial charge < -0.3 is 36.9 Å². The number of aromatic nitrogens is 1. The van der Waals surface area contributed by atoms with Crippen molar-refractivity contribution in [2.24, 2.45) is 5.73 Å². The zero-order chi connectivity index (χ0) is 24.5. The van der Waals surface area contributed by atoms with Crippen LogP contribution in [0.2, 0.25) is 0 Å². The van der Waals surface area contributed by atoms with Gasteiger partial charge in [0.1, 0.15) is 12.1 Å². The summed E-state index contributed by atoms with van der Waals surface area (Å²) in [6.45, 7) is -0.554. The van der Waals surface area contributed by atoms with Gasteiger partial charge in [-0.25, -0.2) is 4.79 Å². The van der Waals surface area contributed by atoms with Crippen LogP contribution in [-0.2, 0) is 30.4 Å². The fourth-order valence-corrected chi connectivity index (χ4v) is 3.27. The molecule has 178 valence electrons. The number of carboxylic acid groups (broad SMARTS) is 2. The van der Waals surface area contributed by atoms with Gasteiger partial charge in [0, 0.05) is 29.3 Å². The number of hydrogen-bond acceptors (Lipinski definition) is 7. The molecule has 2 aromatic rings. The van der Waals surface area contributed by atoms with Crippen LogP contribution in [-0.4, -0.2) is 75.3 Å². The van der Waals surface area contributed by atoms with Crippen LogP contribution >= 0.6 is 12.6 Å². The molecule has 1 aromatic carbocycles. The number of para-hydroxylation sites is 1. The zero-order valence-electron chi connectivity index (χ0n) is 17.4. The first kappa shape index (κ1) is 25.7. The first-order chi connectivity index (χ1) is 15.6. The molecule has 0 saturated heterocycles. The quantitative estimate of drug-likeness (QED) is 0.170. The van der Waals surface area contributed by atoms with Crippen LogP contribution < -0.4 is 21.7 Å². The van der Waals surface area contributed by atoms with Crippen LogP contribution in [0.1, 0.15) is 12.0 Å². The normalized spacial score (nSPS) is 13.5. The summed E-state index contributed by atoms with van der Waals surface area (Å²) >= 11 is 4.02. The Kier molecular flexibility index (Phi) is 9.24. The number of amides is 3. The summed E-state index contributed by atoms with van der Waals surface area (Å²) in [5.74, 6) is -5.03. The van der Waals surface area contributed by atoms with Crippen molar-refractivity contribution in [1.29, 1.82) is 0 Å². The number of aromatic amines is 1. The highest BCUT2D eigenvalue weighted by Crippen LogP contribution is 2.19. The Morgan fingerprint density at radius 1 is 1.03 bits per heavy atom. The van der Waals surface area contributed by atoms with Crippen LogP contribution in [0.3, 0.4) is 0 Å². The summed E-state index contributed by atoms with van der Waals surface area (Å²) in [5, 5.41) is 25.9. The Morgan fingerprint density at radius 3 is 2.36 bits per heavy atom. The third-order valence-electron chi connectivity index (χ3n) is 4.70. The van der Waals surface area contributed by atoms with Gasteiger partial charge in [-0.1, -0.05) is 18.2 Å². The molecule has 3 unspecified atom stereocenters. The Hall–Kier alpha value is -3.58. The van der Waals surface area contributed by atoms with E-state index in [1.165, 1.54) is 0 Å². The van der Waals surface area contributed by atoms with E-state index in [1.54, 1.807) is 6.20 Å². The molecular weight excluding hydrogens is 454 g/mol. The van der Waals surface area contributed by atoms with Crippen LogP contribution in [0, 0.1) is 0 Å². The van der Waals surface area contributed by atoms with Crippen molar-refractivity contribution in [3.8, 4) is 0 Å². The second-order valence-corrected chi connectivity index (χ2v) is 7.55. The van der Waals surface area contributed by atoms with Crippen molar-refractivity contribution in [1.82, 2.24) is 20.9 Å². The maximum atomic E-state index is 12.6. The average Bonchev–Trinajstić information content (AvgIpc) is 3.17. The molecule has 0 aliphatic heterocycles. The molecular formula is C20H25N5O7S. The molecule has 0 bridgehead atoms. The summed E-state index contributed by atoms with van der Waals surface area (Å²) in [6, 6.07) is 3.55. The highest BCUT2D eigenvalue weighted by atomic mass is 32.1. The molecule has 3 atom stereocenters. The highest BCUT2D eigenvalue weighted by Gasteiger charge is 2.27. The van der Waals surface area contributed by atoms with E-state index in [9.17, 15) is 29.1 Å². The molecule has 1 heterocycles. The molecule has 3 amide bonds. The van der Waals surface area contributed by atoms with Gasteiger partial charge in [-0.15, -0.1) is 0 Å². The van der Waals surface area contributed by atoms with Crippen molar-refractivity contribution in [3.05, 3.63) is 36.0 Å². The molecule has 0 spiro atoms. The van der Waals surface area contributed by atoms with E-state index in [-0.39, 0.29) is 12.2 Å². The van der Waals surface area contributed by atoms with E-state index in [0.29, 0.717) is 5.56 Å². The van der Waals surface area contributed by atoms with E-state index >= 15 is 0 Å². The lowest BCUT2D eigenvalue weighted by molar-refractivity contribution is -0.142. The van der Waals surface area contributed by atoms with Gasteiger partial charge in [-0.2, -0.15) is 12.6 Å². The van der Waals surface area contributed by atoms with E-state index in [1.807, 2.05) is 24.3 Å². The lowest BCUT2D eigenvalue weighted by Gasteiger charge is -2.20. The second-order valence-electron chi connectivity index (χ2n) is 7.19. The van der Waals surface area contributed by atoms with Crippen molar-refractivity contribution >= 4 is 53.2 Å². The third-order valence-corrected chi connectivity index (χ3v) is 5.07. The number of carbonyl (C=O) groups excluding carboxylic acids is 3. The molecule has 33 heavy (non-hydrogen) atoms. The van der Waals surface area contributed by atoms with Gasteiger partial charge in [0.2, 0.25) is 17.7 Å². The first-order valence-electron chi connectivity index (χ1n) is 9.85. The van der Waals surface area contributed by atoms with Gasteiger partial charge in [-0.3, -0.25) is 19.2 Å². The van der Waals surface area contributed by atoms with Gasteiger partial charge in [0.05, 0.1) is 19.0 Å². The molecule has 1 aromatic heterocycles. The van der Waals surface area contributed by atoms with E-state index in [2.05, 4.69) is 33.6 Å². The van der Waals surface area contributed by atoms with Crippen molar-refractivity contribution in [2.75, 3.05) is 12.3 Å². The molecule has 0 aliphatic carbocycles. The molecule has 13 heteroatoms. The topological polar surface area (TPSA) is 204 Å². The number of nitrogens with two attached hydrogens (primary N) is 1. The Morgan fingerprint density at radius 2 is 1.73 bits per heavy atom. The molecule has 0 radical (unpaired) electrons. The third kappa shape index (κ3) is 7.50. The number of carbonyl (C=O) groups is 5. The molecule has 0 fully saturated rings. The van der Waals surface area contributed by atoms with Crippen molar-refractivity contribution < 1.29 is 34.2 Å². The second kappa shape index (κ2) is 11.9. The van der Waals surface area contributed by atoms with Crippen LogP contribution in [0.5, 0.6) is 0 Å². The number of thiol groups is 1. The van der Waals surface area contributed by atoms with E-state index in [0.717, 1.165) is 10.9 Å². The van der Waals surface area contributed by atoms with E-state index in [4.69, 9.17) is 10.8 Å². The SMILES string of the molecule is NC(CC(=O)O)C(=O)NCC(=O)NC(CS)C(=O)NC(Cc1c[nH]c2ccccc12)C(=O)O. The minimum Gasteiger partial charge on any atom is -0.481 e. The maximum absolute atomic E-state index is 12.6. The molecule has 8 N–H and O–H groups in total. The lowest BCUT2D eigenvalue weighted by atomic mass is 10.0. The Bertz CT molecular complexity index is 1040.